The molecular weight excluding hydrogens is 338 g/mol. The highest BCUT2D eigenvalue weighted by Crippen LogP contribution is 2.19. The summed E-state index contributed by atoms with van der Waals surface area (Å²) in [7, 11) is 0. The van der Waals surface area contributed by atoms with Crippen molar-refractivity contribution in [3.05, 3.63) is 59.1 Å². The predicted octanol–water partition coefficient (Wildman–Crippen LogP) is 3.87. The standard InChI is InChI=1S/C19H22ClN3O2/c1-3-23(4-2)13-18(24)22-17-8-6-5-7-16(17)19(25)21-15-11-9-14(20)10-12-15/h5-12H,3-4,13H2,1-2H3,(H,21,25)(H,22,24). The Kier molecular flexibility index (Phi) is 6.98. The second-order valence-corrected chi connectivity index (χ2v) is 5.95. The molecule has 0 radical (unpaired) electrons. The van der Waals surface area contributed by atoms with Gasteiger partial charge in [0.2, 0.25) is 5.91 Å². The molecule has 2 rings (SSSR count). The maximum atomic E-state index is 12.5. The minimum atomic E-state index is -0.291. The third-order valence-electron chi connectivity index (χ3n) is 3.81. The summed E-state index contributed by atoms with van der Waals surface area (Å²) in [6, 6.07) is 13.8. The zero-order valence-electron chi connectivity index (χ0n) is 14.4. The molecule has 6 heteroatoms. The van der Waals surface area contributed by atoms with Gasteiger partial charge in [-0.25, -0.2) is 0 Å². The van der Waals surface area contributed by atoms with Crippen molar-refractivity contribution in [2.24, 2.45) is 0 Å². The lowest BCUT2D eigenvalue weighted by Gasteiger charge is -2.18. The normalized spacial score (nSPS) is 10.6. The van der Waals surface area contributed by atoms with Gasteiger partial charge < -0.3 is 10.6 Å². The molecule has 0 spiro atoms. The van der Waals surface area contributed by atoms with Gasteiger partial charge in [0.05, 0.1) is 17.8 Å². The molecule has 25 heavy (non-hydrogen) atoms. The van der Waals surface area contributed by atoms with Crippen LogP contribution in [0.25, 0.3) is 0 Å². The minimum Gasteiger partial charge on any atom is -0.324 e. The van der Waals surface area contributed by atoms with Gasteiger partial charge in [-0.15, -0.1) is 0 Å². The molecule has 0 saturated heterocycles. The zero-order chi connectivity index (χ0) is 18.2. The van der Waals surface area contributed by atoms with Gasteiger partial charge in [-0.3, -0.25) is 14.5 Å². The molecule has 2 N–H and O–H groups in total. The molecular formula is C19H22ClN3O2. The number of carbonyl (C=O) groups is 2. The van der Waals surface area contributed by atoms with E-state index in [2.05, 4.69) is 10.6 Å². The number of likely N-dealkylation sites (N-methyl/N-ethyl adjacent to an activating group) is 1. The summed E-state index contributed by atoms with van der Waals surface area (Å²) < 4.78 is 0. The second-order valence-electron chi connectivity index (χ2n) is 5.52. The second kappa shape index (κ2) is 9.20. The fourth-order valence-corrected chi connectivity index (χ4v) is 2.49. The molecule has 0 bridgehead atoms. The number of nitrogens with zero attached hydrogens (tertiary/aromatic N) is 1. The lowest BCUT2D eigenvalue weighted by molar-refractivity contribution is -0.117. The molecule has 5 nitrogen and oxygen atoms in total. The van der Waals surface area contributed by atoms with Crippen LogP contribution in [0.5, 0.6) is 0 Å². The van der Waals surface area contributed by atoms with Crippen molar-refractivity contribution in [1.29, 1.82) is 0 Å². The molecule has 2 aromatic rings. The number of hydrogen-bond acceptors (Lipinski definition) is 3. The van der Waals surface area contributed by atoms with E-state index in [0.717, 1.165) is 13.1 Å². The molecule has 0 aliphatic rings. The monoisotopic (exact) mass is 359 g/mol. The first-order valence-corrected chi connectivity index (χ1v) is 8.59. The molecule has 0 fully saturated rings. The van der Waals surface area contributed by atoms with Crippen molar-refractivity contribution in [1.82, 2.24) is 4.90 Å². The lowest BCUT2D eigenvalue weighted by atomic mass is 10.1. The number of halogens is 1. The van der Waals surface area contributed by atoms with Crippen LogP contribution < -0.4 is 10.6 Å². The zero-order valence-corrected chi connectivity index (χ0v) is 15.1. The molecule has 0 heterocycles. The van der Waals surface area contributed by atoms with E-state index in [1.165, 1.54) is 0 Å². The summed E-state index contributed by atoms with van der Waals surface area (Å²) in [5.41, 5.74) is 1.54. The van der Waals surface area contributed by atoms with Gasteiger partial charge >= 0.3 is 0 Å². The number of rotatable bonds is 7. The van der Waals surface area contributed by atoms with Crippen molar-refractivity contribution in [2.45, 2.75) is 13.8 Å². The average molecular weight is 360 g/mol. The van der Waals surface area contributed by atoms with E-state index in [0.29, 0.717) is 28.5 Å². The Balaban J connectivity index is 2.10. The minimum absolute atomic E-state index is 0.143. The smallest absolute Gasteiger partial charge is 0.257 e. The molecule has 0 unspecified atom stereocenters. The number of hydrogen-bond donors (Lipinski definition) is 2. The Morgan fingerprint density at radius 2 is 1.60 bits per heavy atom. The predicted molar refractivity (Wildman–Crippen MR) is 102 cm³/mol. The van der Waals surface area contributed by atoms with Crippen molar-refractivity contribution in [3.8, 4) is 0 Å². The van der Waals surface area contributed by atoms with E-state index < -0.39 is 0 Å². The first kappa shape index (κ1) is 19.0. The highest BCUT2D eigenvalue weighted by Gasteiger charge is 2.14. The van der Waals surface area contributed by atoms with E-state index >= 15 is 0 Å². The van der Waals surface area contributed by atoms with E-state index in [4.69, 9.17) is 11.6 Å². The summed E-state index contributed by atoms with van der Waals surface area (Å²) in [6.07, 6.45) is 0. The van der Waals surface area contributed by atoms with E-state index in [9.17, 15) is 9.59 Å². The van der Waals surface area contributed by atoms with Crippen LogP contribution in [-0.2, 0) is 4.79 Å². The maximum absolute atomic E-state index is 12.5. The Morgan fingerprint density at radius 3 is 2.24 bits per heavy atom. The van der Waals surface area contributed by atoms with Crippen LogP contribution in [0.4, 0.5) is 11.4 Å². The van der Waals surface area contributed by atoms with Crippen molar-refractivity contribution >= 4 is 34.8 Å². The van der Waals surface area contributed by atoms with E-state index in [1.807, 2.05) is 18.7 Å². The van der Waals surface area contributed by atoms with Crippen LogP contribution in [0.2, 0.25) is 5.02 Å². The van der Waals surface area contributed by atoms with Crippen LogP contribution in [0, 0.1) is 0 Å². The highest BCUT2D eigenvalue weighted by molar-refractivity contribution is 6.30. The van der Waals surface area contributed by atoms with Crippen LogP contribution >= 0.6 is 11.6 Å². The van der Waals surface area contributed by atoms with Crippen molar-refractivity contribution in [3.63, 3.8) is 0 Å². The fraction of sp³-hybridized carbons (Fsp3) is 0.263. The first-order chi connectivity index (χ1) is 12.0. The lowest BCUT2D eigenvalue weighted by Crippen LogP contribution is -2.33. The highest BCUT2D eigenvalue weighted by atomic mass is 35.5. The number of carbonyl (C=O) groups excluding carboxylic acids is 2. The summed E-state index contributed by atoms with van der Waals surface area (Å²) in [6.45, 7) is 5.89. The van der Waals surface area contributed by atoms with Gasteiger partial charge in [0.1, 0.15) is 0 Å². The fourth-order valence-electron chi connectivity index (χ4n) is 2.36. The molecule has 0 atom stereocenters. The van der Waals surface area contributed by atoms with Crippen LogP contribution in [0.3, 0.4) is 0 Å². The summed E-state index contributed by atoms with van der Waals surface area (Å²) in [4.78, 5) is 26.7. The van der Waals surface area contributed by atoms with Crippen LogP contribution in [0.15, 0.2) is 48.5 Å². The molecule has 132 valence electrons. The summed E-state index contributed by atoms with van der Waals surface area (Å²) >= 11 is 5.85. The van der Waals surface area contributed by atoms with Gasteiger partial charge in [-0.1, -0.05) is 37.6 Å². The Labute approximate surface area is 153 Å². The number of anilines is 2. The van der Waals surface area contributed by atoms with Crippen LogP contribution in [-0.4, -0.2) is 36.3 Å². The van der Waals surface area contributed by atoms with Gasteiger partial charge in [0.15, 0.2) is 0 Å². The van der Waals surface area contributed by atoms with Gasteiger partial charge in [-0.05, 0) is 49.5 Å². The molecule has 2 aromatic carbocycles. The summed E-state index contributed by atoms with van der Waals surface area (Å²) in [5.74, 6) is -0.434. The molecule has 0 aliphatic heterocycles. The first-order valence-electron chi connectivity index (χ1n) is 8.21. The SMILES string of the molecule is CCN(CC)CC(=O)Nc1ccccc1C(=O)Nc1ccc(Cl)cc1. The van der Waals surface area contributed by atoms with Gasteiger partial charge in [0, 0.05) is 10.7 Å². The number of nitrogens with one attached hydrogen (secondary N) is 2. The van der Waals surface area contributed by atoms with Gasteiger partial charge in [0.25, 0.3) is 5.91 Å². The molecule has 0 saturated carbocycles. The molecule has 0 aliphatic carbocycles. The van der Waals surface area contributed by atoms with Crippen LogP contribution in [0.1, 0.15) is 24.2 Å². The van der Waals surface area contributed by atoms with Gasteiger partial charge in [-0.2, -0.15) is 0 Å². The van der Waals surface area contributed by atoms with Crippen molar-refractivity contribution < 1.29 is 9.59 Å². The quantitative estimate of drug-likeness (QED) is 0.788. The molecule has 0 aromatic heterocycles. The largest absolute Gasteiger partial charge is 0.324 e. The molecule has 2 amide bonds. The van der Waals surface area contributed by atoms with Crippen molar-refractivity contribution in [2.75, 3.05) is 30.3 Å². The summed E-state index contributed by atoms with van der Waals surface area (Å²) in [5, 5.41) is 6.22. The Morgan fingerprint density at radius 1 is 0.960 bits per heavy atom. The third kappa shape index (κ3) is 5.59. The Bertz CT molecular complexity index is 728. The van der Waals surface area contributed by atoms with E-state index in [-0.39, 0.29) is 11.8 Å². The maximum Gasteiger partial charge on any atom is 0.257 e. The van der Waals surface area contributed by atoms with E-state index in [1.54, 1.807) is 48.5 Å². The third-order valence-corrected chi connectivity index (χ3v) is 4.06. The number of para-hydroxylation sites is 1. The number of amides is 2. The Hall–Kier alpha value is -2.37. The topological polar surface area (TPSA) is 61.4 Å². The number of benzene rings is 2. The average Bonchev–Trinajstić information content (AvgIpc) is 2.62.